The molecule has 4 rings (SSSR count). The first-order valence-electron chi connectivity index (χ1n) is 11.7. The lowest BCUT2D eigenvalue weighted by molar-refractivity contribution is -0.898. The van der Waals surface area contributed by atoms with Crippen molar-refractivity contribution in [3.8, 4) is 6.07 Å². The number of nitro groups is 1. The van der Waals surface area contributed by atoms with E-state index in [4.69, 9.17) is 23.2 Å². The van der Waals surface area contributed by atoms with Gasteiger partial charge in [-0.05, 0) is 40.2 Å². The fourth-order valence-electron chi connectivity index (χ4n) is 3.86. The van der Waals surface area contributed by atoms with Crippen molar-refractivity contribution < 1.29 is 14.2 Å². The van der Waals surface area contributed by atoms with Crippen LogP contribution in [0.15, 0.2) is 48.9 Å². The third kappa shape index (κ3) is 6.49. The Morgan fingerprint density at radius 3 is 2.70 bits per heavy atom. The highest BCUT2D eigenvalue weighted by Crippen LogP contribution is 2.29. The van der Waals surface area contributed by atoms with E-state index in [1.165, 1.54) is 23.2 Å². The lowest BCUT2D eigenvalue weighted by Crippen LogP contribution is -2.39. The standard InChI is InChI=1S/C25H22Cl2N10O3/c1-35-20(25(36(39)40)34-22(35)11-28)13-37(2,3)8-4-5-23(38)33-21-10-16-19(12-29-21)30-14-31-24(16)32-15-6-7-17(26)18(27)9-15/h4-7,9-10,12,14H,8,13H2,1-3H3,(H-,29,30,31,32,33,38)/p+1/b5-4+. The molecule has 3 heterocycles. The zero-order valence-electron chi connectivity index (χ0n) is 21.6. The summed E-state index contributed by atoms with van der Waals surface area (Å²) in [6, 6.07) is 8.59. The van der Waals surface area contributed by atoms with E-state index in [1.54, 1.807) is 37.4 Å². The van der Waals surface area contributed by atoms with E-state index in [0.29, 0.717) is 44.7 Å². The van der Waals surface area contributed by atoms with Gasteiger partial charge in [0.1, 0.15) is 24.5 Å². The molecule has 13 nitrogen and oxygen atoms in total. The van der Waals surface area contributed by atoms with Gasteiger partial charge in [0.25, 0.3) is 0 Å². The molecule has 0 atom stereocenters. The van der Waals surface area contributed by atoms with E-state index in [1.807, 2.05) is 20.2 Å². The molecule has 40 heavy (non-hydrogen) atoms. The molecular formula is C25H23Cl2N10O3+. The van der Waals surface area contributed by atoms with Crippen molar-refractivity contribution >= 4 is 63.2 Å². The van der Waals surface area contributed by atoms with Gasteiger partial charge in [0, 0.05) is 24.2 Å². The summed E-state index contributed by atoms with van der Waals surface area (Å²) in [4.78, 5) is 40.0. The second kappa shape index (κ2) is 11.6. The molecule has 0 aliphatic rings. The number of aromatic nitrogens is 5. The second-order valence-electron chi connectivity index (χ2n) is 9.36. The van der Waals surface area contributed by atoms with Gasteiger partial charge in [-0.3, -0.25) is 9.36 Å². The van der Waals surface area contributed by atoms with Crippen LogP contribution in [0, 0.1) is 21.4 Å². The number of anilines is 3. The number of hydrogen-bond donors (Lipinski definition) is 2. The predicted octanol–water partition coefficient (Wildman–Crippen LogP) is 4.36. The summed E-state index contributed by atoms with van der Waals surface area (Å²) in [5, 5.41) is 27.9. The van der Waals surface area contributed by atoms with Crippen LogP contribution in [0.25, 0.3) is 10.9 Å². The Balaban J connectivity index is 1.45. The van der Waals surface area contributed by atoms with Gasteiger partial charge in [0.15, 0.2) is 11.8 Å². The van der Waals surface area contributed by atoms with E-state index in [-0.39, 0.29) is 28.5 Å². The van der Waals surface area contributed by atoms with Gasteiger partial charge in [-0.1, -0.05) is 23.2 Å². The summed E-state index contributed by atoms with van der Waals surface area (Å²) in [6.07, 6.45) is 5.93. The molecule has 0 unspecified atom stereocenters. The Hall–Kier alpha value is -4.64. The van der Waals surface area contributed by atoms with Crippen molar-refractivity contribution in [2.45, 2.75) is 6.54 Å². The molecule has 2 N–H and O–H groups in total. The fraction of sp³-hybridized carbons (Fsp3) is 0.200. The van der Waals surface area contributed by atoms with Crippen molar-refractivity contribution in [1.29, 1.82) is 5.26 Å². The summed E-state index contributed by atoms with van der Waals surface area (Å²) in [5.41, 5.74) is 1.55. The second-order valence-corrected chi connectivity index (χ2v) is 10.2. The third-order valence-corrected chi connectivity index (χ3v) is 6.61. The van der Waals surface area contributed by atoms with Gasteiger partial charge < -0.3 is 25.2 Å². The summed E-state index contributed by atoms with van der Waals surface area (Å²) >= 11 is 12.1. The molecule has 0 spiro atoms. The van der Waals surface area contributed by atoms with Crippen molar-refractivity contribution in [2.24, 2.45) is 7.05 Å². The molecule has 1 aromatic carbocycles. The van der Waals surface area contributed by atoms with E-state index in [2.05, 4.69) is 30.6 Å². The minimum absolute atomic E-state index is 0.0415. The summed E-state index contributed by atoms with van der Waals surface area (Å²) < 4.78 is 1.68. The van der Waals surface area contributed by atoms with Crippen LogP contribution in [0.4, 0.5) is 23.1 Å². The van der Waals surface area contributed by atoms with E-state index in [0.717, 1.165) is 0 Å². The maximum Gasteiger partial charge on any atom is 0.392 e. The lowest BCUT2D eigenvalue weighted by atomic mass is 10.2. The number of hydrogen-bond acceptors (Lipinski definition) is 9. The molecular weight excluding hydrogens is 559 g/mol. The Morgan fingerprint density at radius 1 is 1.23 bits per heavy atom. The summed E-state index contributed by atoms with van der Waals surface area (Å²) in [6.45, 7) is 0.586. The quantitative estimate of drug-likeness (QED) is 0.126. The van der Waals surface area contributed by atoms with Gasteiger partial charge in [0.05, 0.1) is 42.4 Å². The number of benzene rings is 1. The largest absolute Gasteiger partial charge is 0.392 e. The van der Waals surface area contributed by atoms with Crippen LogP contribution in [0.5, 0.6) is 0 Å². The fourth-order valence-corrected chi connectivity index (χ4v) is 4.16. The molecule has 0 aliphatic heterocycles. The number of amides is 1. The molecule has 4 aromatic rings. The van der Waals surface area contributed by atoms with Crippen molar-refractivity contribution in [3.63, 3.8) is 0 Å². The molecule has 0 fully saturated rings. The van der Waals surface area contributed by atoms with Gasteiger partial charge in [0.2, 0.25) is 5.91 Å². The van der Waals surface area contributed by atoms with Crippen LogP contribution in [-0.2, 0) is 18.4 Å². The van der Waals surface area contributed by atoms with E-state index < -0.39 is 10.8 Å². The molecule has 0 bridgehead atoms. The molecule has 1 amide bonds. The highest BCUT2D eigenvalue weighted by atomic mass is 35.5. The molecule has 0 aliphatic carbocycles. The number of fused-ring (bicyclic) bond motifs is 1. The normalized spacial score (nSPS) is 11.5. The Morgan fingerprint density at radius 2 is 2.00 bits per heavy atom. The zero-order chi connectivity index (χ0) is 29.0. The van der Waals surface area contributed by atoms with Gasteiger partial charge in [-0.25, -0.2) is 15.0 Å². The first kappa shape index (κ1) is 28.4. The maximum absolute atomic E-state index is 12.6. The number of pyridine rings is 1. The maximum atomic E-state index is 12.6. The minimum Gasteiger partial charge on any atom is -0.358 e. The van der Waals surface area contributed by atoms with Crippen LogP contribution < -0.4 is 10.6 Å². The van der Waals surface area contributed by atoms with Gasteiger partial charge in [-0.2, -0.15) is 5.26 Å². The van der Waals surface area contributed by atoms with Crippen LogP contribution in [0.2, 0.25) is 10.0 Å². The number of carbonyl (C=O) groups is 1. The van der Waals surface area contributed by atoms with Crippen LogP contribution in [0.3, 0.4) is 0 Å². The number of imidazole rings is 1. The topological polar surface area (TPSA) is 165 Å². The smallest absolute Gasteiger partial charge is 0.358 e. The molecule has 15 heteroatoms. The molecule has 0 saturated heterocycles. The van der Waals surface area contributed by atoms with Crippen LogP contribution >= 0.6 is 23.2 Å². The average Bonchev–Trinajstić information content (AvgIpc) is 3.21. The van der Waals surface area contributed by atoms with Gasteiger partial charge in [-0.15, -0.1) is 0 Å². The van der Waals surface area contributed by atoms with Crippen molar-refractivity contribution in [2.75, 3.05) is 31.3 Å². The molecule has 204 valence electrons. The van der Waals surface area contributed by atoms with Gasteiger partial charge >= 0.3 is 11.6 Å². The predicted molar refractivity (Wildman–Crippen MR) is 150 cm³/mol. The summed E-state index contributed by atoms with van der Waals surface area (Å²) in [7, 11) is 5.25. The number of halogens is 2. The first-order chi connectivity index (χ1) is 19.0. The first-order valence-corrected chi connectivity index (χ1v) is 12.5. The monoisotopic (exact) mass is 581 g/mol. The molecule has 0 saturated carbocycles. The minimum atomic E-state index is -0.605. The number of quaternary nitrogens is 1. The third-order valence-electron chi connectivity index (χ3n) is 5.87. The van der Waals surface area contributed by atoms with Crippen LogP contribution in [-0.4, -0.2) is 60.5 Å². The Labute approximate surface area is 238 Å². The van der Waals surface area contributed by atoms with Crippen molar-refractivity contribution in [1.82, 2.24) is 24.5 Å². The Bertz CT molecular complexity index is 1690. The number of nitrogens with one attached hydrogen (secondary N) is 2. The summed E-state index contributed by atoms with van der Waals surface area (Å²) in [5.74, 6) is -0.0373. The number of nitriles is 1. The number of rotatable bonds is 9. The molecule has 3 aromatic heterocycles. The number of carbonyl (C=O) groups excluding carboxylic acids is 1. The lowest BCUT2D eigenvalue weighted by Gasteiger charge is -2.28. The van der Waals surface area contributed by atoms with Crippen LogP contribution in [0.1, 0.15) is 11.5 Å². The SMILES string of the molecule is Cn1c(C#N)nc([N+](=O)[O-])c1C[N+](C)(C)C/C=C/C(=O)Nc1cc2c(Nc3ccc(Cl)c(Cl)c3)ncnc2cn1. The Kier molecular flexibility index (Phi) is 8.24. The van der Waals surface area contributed by atoms with E-state index in [9.17, 15) is 20.2 Å². The number of likely N-dealkylation sites (N-methyl/N-ethyl adjacent to an activating group) is 1. The zero-order valence-corrected chi connectivity index (χ0v) is 23.1. The highest BCUT2D eigenvalue weighted by molar-refractivity contribution is 6.42. The number of nitrogens with zero attached hydrogens (tertiary/aromatic N) is 8. The highest BCUT2D eigenvalue weighted by Gasteiger charge is 2.30. The molecule has 0 radical (unpaired) electrons. The van der Waals surface area contributed by atoms with Crippen molar-refractivity contribution in [3.05, 3.63) is 80.6 Å². The average molecular weight is 582 g/mol. The van der Waals surface area contributed by atoms with E-state index >= 15 is 0 Å².